The molecule has 0 atom stereocenters. The van der Waals surface area contributed by atoms with Crippen LogP contribution >= 0.6 is 0 Å². The highest BCUT2D eigenvalue weighted by Crippen LogP contribution is 2.47. The number of benzene rings is 6. The van der Waals surface area contributed by atoms with E-state index in [4.69, 9.17) is 0 Å². The number of hydrogen-bond donors (Lipinski definition) is 0. The summed E-state index contributed by atoms with van der Waals surface area (Å²) in [5.74, 6) is 0. The van der Waals surface area contributed by atoms with Gasteiger partial charge in [0.15, 0.2) is 0 Å². The van der Waals surface area contributed by atoms with Crippen molar-refractivity contribution in [1.82, 2.24) is 0 Å². The molecular weight excluding hydrogens is 663 g/mol. The number of nitrogens with zero attached hydrogens (tertiary/aromatic N) is 1. The van der Waals surface area contributed by atoms with Gasteiger partial charge >= 0.3 is 0 Å². The normalized spacial score (nSPS) is 13.0. The molecule has 0 aromatic heterocycles. The minimum atomic E-state index is -0.0185. The third-order valence-corrected chi connectivity index (χ3v) is 11.2. The molecule has 0 bridgehead atoms. The average molecular weight is 728 g/mol. The van der Waals surface area contributed by atoms with Gasteiger partial charge in [-0.25, -0.2) is 0 Å². The third-order valence-electron chi connectivity index (χ3n) is 11.2. The minimum Gasteiger partial charge on any atom is -0.310 e. The van der Waals surface area contributed by atoms with E-state index in [0.29, 0.717) is 0 Å². The van der Waals surface area contributed by atoms with E-state index >= 15 is 0 Å². The van der Waals surface area contributed by atoms with Crippen molar-refractivity contribution in [2.45, 2.75) is 131 Å². The van der Waals surface area contributed by atoms with Crippen LogP contribution in [0.3, 0.4) is 0 Å². The molecule has 0 heterocycles. The lowest BCUT2D eigenvalue weighted by atomic mass is 9.78. The molecule has 0 saturated carbocycles. The molecule has 0 unspecified atom stereocenters. The molecule has 286 valence electrons. The number of anilines is 3. The Morgan fingerprint density at radius 2 is 0.745 bits per heavy atom. The Labute approximate surface area is 333 Å². The highest BCUT2D eigenvalue weighted by atomic mass is 15.1. The quantitative estimate of drug-likeness (QED) is 0.171. The highest BCUT2D eigenvalue weighted by molar-refractivity contribution is 6.09. The zero-order valence-electron chi connectivity index (χ0n) is 36.5. The second kappa shape index (κ2) is 14.1. The lowest BCUT2D eigenvalue weighted by molar-refractivity contribution is 0.568. The molecular formula is C54H65N. The fraction of sp³-hybridized carbons (Fsp3) is 0.370. The molecule has 1 nitrogen and oxygen atoms in total. The first-order valence-electron chi connectivity index (χ1n) is 20.3. The SMILES string of the molecule is CC(C)(C)c1ccc(N(c2cc(C(C)(C)C)cc(C(C)(C)C)c2)c2ccccc2-c2cccc3cccc(-c4cc(C(C)(C)C)cc(C(C)(C)C)c4)c23)cc1. The molecule has 0 aliphatic heterocycles. The van der Waals surface area contributed by atoms with Crippen molar-refractivity contribution in [3.63, 3.8) is 0 Å². The van der Waals surface area contributed by atoms with Gasteiger partial charge in [-0.3, -0.25) is 0 Å². The van der Waals surface area contributed by atoms with Gasteiger partial charge < -0.3 is 4.90 Å². The van der Waals surface area contributed by atoms with E-state index in [2.05, 4.69) is 230 Å². The van der Waals surface area contributed by atoms with Crippen LogP contribution in [0, 0.1) is 0 Å². The van der Waals surface area contributed by atoms with Crippen LogP contribution in [0.15, 0.2) is 121 Å². The Hall–Kier alpha value is -4.62. The first kappa shape index (κ1) is 40.1. The Bertz CT molecular complexity index is 2250. The zero-order valence-corrected chi connectivity index (χ0v) is 36.5. The van der Waals surface area contributed by atoms with Crippen LogP contribution in [0.2, 0.25) is 0 Å². The number of hydrogen-bond acceptors (Lipinski definition) is 1. The van der Waals surface area contributed by atoms with Gasteiger partial charge in [0.05, 0.1) is 5.69 Å². The van der Waals surface area contributed by atoms with Crippen LogP contribution < -0.4 is 4.90 Å². The number of para-hydroxylation sites is 1. The van der Waals surface area contributed by atoms with Crippen molar-refractivity contribution < 1.29 is 0 Å². The Kier molecular flexibility index (Phi) is 10.3. The van der Waals surface area contributed by atoms with E-state index in [1.807, 2.05) is 0 Å². The summed E-state index contributed by atoms with van der Waals surface area (Å²) in [4.78, 5) is 2.51. The summed E-state index contributed by atoms with van der Waals surface area (Å²) in [5, 5.41) is 2.53. The molecule has 0 radical (unpaired) electrons. The largest absolute Gasteiger partial charge is 0.310 e. The Balaban J connectivity index is 1.68. The molecule has 0 spiro atoms. The van der Waals surface area contributed by atoms with Gasteiger partial charge in [-0.2, -0.15) is 0 Å². The summed E-state index contributed by atoms with van der Waals surface area (Å²) in [6.07, 6.45) is 0. The van der Waals surface area contributed by atoms with Crippen molar-refractivity contribution >= 4 is 27.8 Å². The molecule has 6 rings (SSSR count). The molecule has 55 heavy (non-hydrogen) atoms. The molecule has 0 N–H and O–H groups in total. The average Bonchev–Trinajstić information content (AvgIpc) is 3.09. The van der Waals surface area contributed by atoms with Crippen LogP contribution in [0.25, 0.3) is 33.0 Å². The maximum absolute atomic E-state index is 2.51. The fourth-order valence-corrected chi connectivity index (χ4v) is 7.50. The van der Waals surface area contributed by atoms with Crippen LogP contribution in [0.1, 0.15) is 132 Å². The summed E-state index contributed by atoms with van der Waals surface area (Å²) >= 11 is 0. The smallest absolute Gasteiger partial charge is 0.0540 e. The second-order valence-corrected chi connectivity index (χ2v) is 20.9. The topological polar surface area (TPSA) is 3.24 Å². The van der Waals surface area contributed by atoms with Gasteiger partial charge in [-0.1, -0.05) is 195 Å². The zero-order chi connectivity index (χ0) is 40.3. The van der Waals surface area contributed by atoms with Crippen molar-refractivity contribution in [3.05, 3.63) is 149 Å². The summed E-state index contributed by atoms with van der Waals surface area (Å²) in [6, 6.07) is 46.5. The number of fused-ring (bicyclic) bond motifs is 1. The summed E-state index contributed by atoms with van der Waals surface area (Å²) in [5.41, 5.74) is 15.3. The van der Waals surface area contributed by atoms with E-state index in [1.165, 1.54) is 66.5 Å². The van der Waals surface area contributed by atoms with Crippen LogP contribution in [-0.2, 0) is 27.1 Å². The molecule has 6 aromatic carbocycles. The summed E-state index contributed by atoms with van der Waals surface area (Å²) < 4.78 is 0. The van der Waals surface area contributed by atoms with E-state index in [1.54, 1.807) is 0 Å². The second-order valence-electron chi connectivity index (χ2n) is 20.9. The van der Waals surface area contributed by atoms with Crippen molar-refractivity contribution in [1.29, 1.82) is 0 Å². The van der Waals surface area contributed by atoms with E-state index < -0.39 is 0 Å². The molecule has 1 heteroatoms. The summed E-state index contributed by atoms with van der Waals surface area (Å²) in [7, 11) is 0. The van der Waals surface area contributed by atoms with Crippen LogP contribution in [0.5, 0.6) is 0 Å². The fourth-order valence-electron chi connectivity index (χ4n) is 7.50. The monoisotopic (exact) mass is 728 g/mol. The molecule has 0 saturated heterocycles. The predicted octanol–water partition coefficient (Wildman–Crippen LogP) is 16.1. The van der Waals surface area contributed by atoms with Gasteiger partial charge in [-0.05, 0) is 113 Å². The third kappa shape index (κ3) is 8.47. The molecule has 0 aliphatic carbocycles. The van der Waals surface area contributed by atoms with Crippen LogP contribution in [-0.4, -0.2) is 0 Å². The molecule has 0 fully saturated rings. The van der Waals surface area contributed by atoms with Crippen LogP contribution in [0.4, 0.5) is 17.1 Å². The van der Waals surface area contributed by atoms with Gasteiger partial charge in [0.1, 0.15) is 0 Å². The molecule has 0 aliphatic rings. The van der Waals surface area contributed by atoms with Gasteiger partial charge in [0.25, 0.3) is 0 Å². The van der Waals surface area contributed by atoms with Crippen molar-refractivity contribution in [2.75, 3.05) is 4.90 Å². The first-order valence-corrected chi connectivity index (χ1v) is 20.3. The van der Waals surface area contributed by atoms with E-state index in [9.17, 15) is 0 Å². The van der Waals surface area contributed by atoms with E-state index in [0.717, 1.165) is 11.4 Å². The standard InChI is InChI=1S/C54H65N/c1-50(2,3)38-26-28-43(29-27-38)55(44-34-41(53(10,11)12)33-42(35-44)54(13,14)15)48-25-17-16-22-46(48)47-24-19-21-36-20-18-23-45(49(36)47)37-30-39(51(4,5)6)32-40(31-37)52(7,8)9/h16-35H,1-15H3. The van der Waals surface area contributed by atoms with Gasteiger partial charge in [-0.15, -0.1) is 0 Å². The molecule has 0 amide bonds. The Morgan fingerprint density at radius 3 is 1.22 bits per heavy atom. The minimum absolute atomic E-state index is 0.0185. The van der Waals surface area contributed by atoms with E-state index in [-0.39, 0.29) is 27.1 Å². The maximum atomic E-state index is 2.51. The first-order chi connectivity index (χ1) is 25.4. The lowest BCUT2D eigenvalue weighted by Crippen LogP contribution is -2.19. The lowest BCUT2D eigenvalue weighted by Gasteiger charge is -2.33. The van der Waals surface area contributed by atoms with Gasteiger partial charge in [0, 0.05) is 16.9 Å². The summed E-state index contributed by atoms with van der Waals surface area (Å²) in [6.45, 7) is 34.8. The van der Waals surface area contributed by atoms with Crippen molar-refractivity contribution in [3.8, 4) is 22.3 Å². The molecule has 6 aromatic rings. The maximum Gasteiger partial charge on any atom is 0.0540 e. The Morgan fingerprint density at radius 1 is 0.327 bits per heavy atom. The number of rotatable bonds is 5. The predicted molar refractivity (Wildman–Crippen MR) is 243 cm³/mol. The van der Waals surface area contributed by atoms with Crippen molar-refractivity contribution in [2.24, 2.45) is 0 Å². The highest BCUT2D eigenvalue weighted by Gasteiger charge is 2.27. The van der Waals surface area contributed by atoms with Gasteiger partial charge in [0.2, 0.25) is 0 Å².